The molecule has 0 spiro atoms. The Hall–Kier alpha value is -0.870. The Balaban J connectivity index is 2.12. The van der Waals surface area contributed by atoms with E-state index in [1.54, 1.807) is 0 Å². The van der Waals surface area contributed by atoms with Gasteiger partial charge in [-0.1, -0.05) is 13.8 Å². The number of hydrogen-bond acceptors (Lipinski definition) is 3. The summed E-state index contributed by atoms with van der Waals surface area (Å²) in [6, 6.07) is 0. The van der Waals surface area contributed by atoms with E-state index in [4.69, 9.17) is 10.5 Å². The monoisotopic (exact) mass is 225 g/mol. The maximum absolute atomic E-state index is 5.54. The fraction of sp³-hybridized carbons (Fsp3) is 0.750. The van der Waals surface area contributed by atoms with E-state index in [1.165, 1.54) is 0 Å². The summed E-state index contributed by atoms with van der Waals surface area (Å²) in [4.78, 5) is 4.26. The highest BCUT2D eigenvalue weighted by Gasteiger charge is 1.98. The smallest absolute Gasteiger partial charge is 0.0950 e. The van der Waals surface area contributed by atoms with Gasteiger partial charge in [0.25, 0.3) is 0 Å². The molecular formula is C12H23N3O. The summed E-state index contributed by atoms with van der Waals surface area (Å²) in [6.45, 7) is 7.54. The van der Waals surface area contributed by atoms with Gasteiger partial charge in [0.15, 0.2) is 0 Å². The fourth-order valence-electron chi connectivity index (χ4n) is 1.40. The molecule has 1 heterocycles. The molecule has 1 rings (SSSR count). The molecule has 2 N–H and O–H groups in total. The Kier molecular flexibility index (Phi) is 6.11. The van der Waals surface area contributed by atoms with Crippen LogP contribution in [-0.4, -0.2) is 29.3 Å². The topological polar surface area (TPSA) is 53.1 Å². The molecule has 0 saturated heterocycles. The van der Waals surface area contributed by atoms with Crippen LogP contribution in [0.4, 0.5) is 0 Å². The van der Waals surface area contributed by atoms with E-state index in [1.807, 2.05) is 12.5 Å². The van der Waals surface area contributed by atoms with Gasteiger partial charge in [-0.2, -0.15) is 0 Å². The fourth-order valence-corrected chi connectivity index (χ4v) is 1.40. The molecule has 4 nitrogen and oxygen atoms in total. The molecule has 0 atom stereocenters. The number of rotatable bonds is 8. The zero-order chi connectivity index (χ0) is 11.8. The highest BCUT2D eigenvalue weighted by Crippen LogP contribution is 2.00. The zero-order valence-corrected chi connectivity index (χ0v) is 10.4. The second-order valence-corrected chi connectivity index (χ2v) is 4.44. The lowest BCUT2D eigenvalue weighted by Gasteiger charge is -2.06. The third-order valence-electron chi connectivity index (χ3n) is 2.42. The van der Waals surface area contributed by atoms with Gasteiger partial charge in [-0.3, -0.25) is 0 Å². The minimum absolute atomic E-state index is 0.655. The minimum Gasteiger partial charge on any atom is -0.380 e. The number of hydrogen-bond donors (Lipinski definition) is 1. The lowest BCUT2D eigenvalue weighted by molar-refractivity contribution is 0.116. The summed E-state index contributed by atoms with van der Waals surface area (Å²) < 4.78 is 7.60. The Bertz CT molecular complexity index is 284. The SMILES string of the molecule is CC(C)CCOCCn1cnc(CCN)c1. The third-order valence-corrected chi connectivity index (χ3v) is 2.42. The lowest BCUT2D eigenvalue weighted by atomic mass is 10.1. The normalized spacial score (nSPS) is 11.2. The van der Waals surface area contributed by atoms with E-state index in [0.717, 1.165) is 38.3 Å². The summed E-state index contributed by atoms with van der Waals surface area (Å²) in [5, 5.41) is 0. The van der Waals surface area contributed by atoms with Crippen LogP contribution in [-0.2, 0) is 17.7 Å². The van der Waals surface area contributed by atoms with E-state index in [2.05, 4.69) is 23.4 Å². The number of aromatic nitrogens is 2. The molecule has 1 aromatic heterocycles. The molecule has 0 fully saturated rings. The maximum Gasteiger partial charge on any atom is 0.0950 e. The predicted octanol–water partition coefficient (Wildman–Crippen LogP) is 1.45. The Labute approximate surface area is 97.8 Å². The van der Waals surface area contributed by atoms with Crippen LogP contribution >= 0.6 is 0 Å². The van der Waals surface area contributed by atoms with Crippen molar-refractivity contribution < 1.29 is 4.74 Å². The molecule has 0 amide bonds. The number of nitrogens with two attached hydrogens (primary N) is 1. The van der Waals surface area contributed by atoms with Crippen LogP contribution in [0.25, 0.3) is 0 Å². The van der Waals surface area contributed by atoms with Gasteiger partial charge in [-0.15, -0.1) is 0 Å². The van der Waals surface area contributed by atoms with Crippen LogP contribution in [0.3, 0.4) is 0 Å². The average molecular weight is 225 g/mol. The van der Waals surface area contributed by atoms with Crippen LogP contribution in [0.2, 0.25) is 0 Å². The van der Waals surface area contributed by atoms with Crippen LogP contribution in [0, 0.1) is 5.92 Å². The summed E-state index contributed by atoms with van der Waals surface area (Å²) in [5.74, 6) is 0.712. The standard InChI is InChI=1S/C12H23N3O/c1-11(2)4-7-16-8-6-15-9-12(3-5-13)14-10-15/h9-11H,3-8,13H2,1-2H3. The number of ether oxygens (including phenoxy) is 1. The maximum atomic E-state index is 5.54. The van der Waals surface area contributed by atoms with Crippen molar-refractivity contribution in [1.29, 1.82) is 0 Å². The molecule has 0 aliphatic carbocycles. The van der Waals surface area contributed by atoms with Gasteiger partial charge in [0.05, 0.1) is 18.6 Å². The third kappa shape index (κ3) is 5.28. The van der Waals surface area contributed by atoms with Gasteiger partial charge in [0.2, 0.25) is 0 Å². The molecule has 0 aliphatic heterocycles. The van der Waals surface area contributed by atoms with E-state index in [-0.39, 0.29) is 0 Å². The van der Waals surface area contributed by atoms with Crippen molar-refractivity contribution in [3.8, 4) is 0 Å². The summed E-state index contributed by atoms with van der Waals surface area (Å²) in [6.07, 6.45) is 5.86. The molecule has 4 heteroatoms. The van der Waals surface area contributed by atoms with E-state index >= 15 is 0 Å². The largest absolute Gasteiger partial charge is 0.380 e. The van der Waals surface area contributed by atoms with Crippen molar-refractivity contribution in [1.82, 2.24) is 9.55 Å². The molecule has 0 unspecified atom stereocenters. The first kappa shape index (κ1) is 13.2. The second kappa shape index (κ2) is 7.41. The molecule has 0 aromatic carbocycles. The molecule has 0 radical (unpaired) electrons. The van der Waals surface area contributed by atoms with Crippen molar-refractivity contribution >= 4 is 0 Å². The first-order valence-corrected chi connectivity index (χ1v) is 6.01. The highest BCUT2D eigenvalue weighted by atomic mass is 16.5. The van der Waals surface area contributed by atoms with E-state index in [9.17, 15) is 0 Å². The molecule has 0 aliphatic rings. The van der Waals surface area contributed by atoms with Gasteiger partial charge in [-0.05, 0) is 18.9 Å². The van der Waals surface area contributed by atoms with Gasteiger partial charge in [-0.25, -0.2) is 4.98 Å². The van der Waals surface area contributed by atoms with Gasteiger partial charge >= 0.3 is 0 Å². The molecule has 1 aromatic rings. The van der Waals surface area contributed by atoms with E-state index in [0.29, 0.717) is 12.5 Å². The molecule has 92 valence electrons. The van der Waals surface area contributed by atoms with Crippen LogP contribution in [0.5, 0.6) is 0 Å². The molecule has 0 bridgehead atoms. The van der Waals surface area contributed by atoms with Crippen LogP contribution < -0.4 is 5.73 Å². The number of imidazole rings is 1. The van der Waals surface area contributed by atoms with Gasteiger partial charge in [0, 0.05) is 25.8 Å². The molecule has 16 heavy (non-hydrogen) atoms. The number of nitrogens with zero attached hydrogens (tertiary/aromatic N) is 2. The second-order valence-electron chi connectivity index (χ2n) is 4.44. The van der Waals surface area contributed by atoms with Gasteiger partial charge < -0.3 is 15.0 Å². The Morgan fingerprint density at radius 3 is 2.94 bits per heavy atom. The predicted molar refractivity (Wildman–Crippen MR) is 65.3 cm³/mol. The Morgan fingerprint density at radius 2 is 2.25 bits per heavy atom. The highest BCUT2D eigenvalue weighted by molar-refractivity contribution is 4.96. The van der Waals surface area contributed by atoms with Crippen molar-refractivity contribution in [2.24, 2.45) is 11.7 Å². The van der Waals surface area contributed by atoms with Crippen LogP contribution in [0.1, 0.15) is 26.0 Å². The minimum atomic E-state index is 0.655. The van der Waals surface area contributed by atoms with Crippen LogP contribution in [0.15, 0.2) is 12.5 Å². The molecular weight excluding hydrogens is 202 g/mol. The van der Waals surface area contributed by atoms with Gasteiger partial charge in [0.1, 0.15) is 0 Å². The summed E-state index contributed by atoms with van der Waals surface area (Å²) in [7, 11) is 0. The Morgan fingerprint density at radius 1 is 1.44 bits per heavy atom. The van der Waals surface area contributed by atoms with Crippen molar-refractivity contribution in [3.63, 3.8) is 0 Å². The average Bonchev–Trinajstić information content (AvgIpc) is 2.65. The first-order valence-electron chi connectivity index (χ1n) is 6.01. The van der Waals surface area contributed by atoms with Crippen molar-refractivity contribution in [2.45, 2.75) is 33.2 Å². The first-order chi connectivity index (χ1) is 7.72. The van der Waals surface area contributed by atoms with Crippen molar-refractivity contribution in [3.05, 3.63) is 18.2 Å². The quantitative estimate of drug-likeness (QED) is 0.681. The van der Waals surface area contributed by atoms with Crippen molar-refractivity contribution in [2.75, 3.05) is 19.8 Å². The van der Waals surface area contributed by atoms with E-state index < -0.39 is 0 Å². The molecule has 0 saturated carbocycles. The summed E-state index contributed by atoms with van der Waals surface area (Å²) in [5.41, 5.74) is 6.52. The lowest BCUT2D eigenvalue weighted by Crippen LogP contribution is -2.06. The summed E-state index contributed by atoms with van der Waals surface area (Å²) >= 11 is 0. The zero-order valence-electron chi connectivity index (χ0n) is 10.4.